The SMILES string of the molecule is CCOc1ccc(C(=O)N2CCC(NC(=O)c3ccc(N(C)C)cc3)CC2)cc1. The van der Waals surface area contributed by atoms with Crippen LogP contribution in [0.4, 0.5) is 5.69 Å². The molecule has 0 unspecified atom stereocenters. The number of carbonyl (C=O) groups excluding carboxylic acids is 2. The highest BCUT2D eigenvalue weighted by molar-refractivity contribution is 5.95. The Hall–Kier alpha value is -3.02. The van der Waals surface area contributed by atoms with Crippen molar-refractivity contribution in [3.8, 4) is 5.75 Å². The number of hydrogen-bond acceptors (Lipinski definition) is 4. The highest BCUT2D eigenvalue weighted by atomic mass is 16.5. The molecule has 0 bridgehead atoms. The van der Waals surface area contributed by atoms with Gasteiger partial charge in [-0.25, -0.2) is 0 Å². The molecule has 1 fully saturated rings. The predicted molar refractivity (Wildman–Crippen MR) is 115 cm³/mol. The zero-order valence-corrected chi connectivity index (χ0v) is 17.4. The summed E-state index contributed by atoms with van der Waals surface area (Å²) in [6.45, 7) is 3.81. The van der Waals surface area contributed by atoms with Gasteiger partial charge in [0.05, 0.1) is 6.61 Å². The summed E-state index contributed by atoms with van der Waals surface area (Å²) in [4.78, 5) is 29.0. The first kappa shape index (κ1) is 20.7. The molecule has 6 nitrogen and oxygen atoms in total. The molecular weight excluding hydrogens is 366 g/mol. The molecule has 0 aromatic heterocycles. The number of nitrogens with one attached hydrogen (secondary N) is 1. The molecule has 154 valence electrons. The minimum absolute atomic E-state index is 0.0251. The lowest BCUT2D eigenvalue weighted by Crippen LogP contribution is -2.46. The van der Waals surface area contributed by atoms with Gasteiger partial charge in [0.2, 0.25) is 0 Å². The number of amides is 2. The number of piperidine rings is 1. The number of ether oxygens (including phenoxy) is 1. The molecule has 3 rings (SSSR count). The second kappa shape index (κ2) is 9.45. The first-order valence-corrected chi connectivity index (χ1v) is 10.1. The van der Waals surface area contributed by atoms with Crippen LogP contribution in [-0.2, 0) is 0 Å². The van der Waals surface area contributed by atoms with E-state index in [4.69, 9.17) is 4.74 Å². The Morgan fingerprint density at radius 1 is 1.00 bits per heavy atom. The maximum absolute atomic E-state index is 12.7. The van der Waals surface area contributed by atoms with E-state index in [1.165, 1.54) is 0 Å². The van der Waals surface area contributed by atoms with Gasteiger partial charge in [-0.1, -0.05) is 0 Å². The van der Waals surface area contributed by atoms with E-state index in [9.17, 15) is 9.59 Å². The van der Waals surface area contributed by atoms with Gasteiger partial charge in [0.15, 0.2) is 0 Å². The van der Waals surface area contributed by atoms with Crippen molar-refractivity contribution in [2.45, 2.75) is 25.8 Å². The molecule has 0 radical (unpaired) electrons. The predicted octanol–water partition coefficient (Wildman–Crippen LogP) is 3.19. The average Bonchev–Trinajstić information content (AvgIpc) is 2.74. The molecule has 0 spiro atoms. The van der Waals surface area contributed by atoms with E-state index >= 15 is 0 Å². The van der Waals surface area contributed by atoms with Crippen LogP contribution in [0.1, 0.15) is 40.5 Å². The highest BCUT2D eigenvalue weighted by Crippen LogP contribution is 2.18. The first-order valence-electron chi connectivity index (χ1n) is 10.1. The Kier molecular flexibility index (Phi) is 6.75. The van der Waals surface area contributed by atoms with Gasteiger partial charge in [-0.15, -0.1) is 0 Å². The van der Waals surface area contributed by atoms with Crippen LogP contribution in [0.15, 0.2) is 48.5 Å². The van der Waals surface area contributed by atoms with E-state index in [-0.39, 0.29) is 17.9 Å². The molecule has 0 saturated carbocycles. The molecule has 6 heteroatoms. The smallest absolute Gasteiger partial charge is 0.253 e. The molecule has 2 aromatic carbocycles. The third kappa shape index (κ3) is 5.28. The summed E-state index contributed by atoms with van der Waals surface area (Å²) >= 11 is 0. The molecule has 2 amide bonds. The molecule has 0 aliphatic carbocycles. The van der Waals surface area contributed by atoms with Gasteiger partial charge in [-0.3, -0.25) is 9.59 Å². The summed E-state index contributed by atoms with van der Waals surface area (Å²) < 4.78 is 5.42. The molecule has 1 aliphatic heterocycles. The Morgan fingerprint density at radius 2 is 1.59 bits per heavy atom. The summed E-state index contributed by atoms with van der Waals surface area (Å²) in [5.41, 5.74) is 2.38. The molecule has 1 aliphatic rings. The van der Waals surface area contributed by atoms with E-state index in [1.807, 2.05) is 67.2 Å². The molecular formula is C23H29N3O3. The van der Waals surface area contributed by atoms with Crippen molar-refractivity contribution in [1.82, 2.24) is 10.2 Å². The van der Waals surface area contributed by atoms with Crippen molar-refractivity contribution in [3.63, 3.8) is 0 Å². The molecule has 1 N–H and O–H groups in total. The summed E-state index contributed by atoms with van der Waals surface area (Å²) in [5, 5.41) is 3.10. The van der Waals surface area contributed by atoms with Gasteiger partial charge in [0.1, 0.15) is 5.75 Å². The van der Waals surface area contributed by atoms with E-state index in [0.717, 1.165) is 24.3 Å². The number of anilines is 1. The lowest BCUT2D eigenvalue weighted by atomic mass is 10.0. The van der Waals surface area contributed by atoms with Gasteiger partial charge >= 0.3 is 0 Å². The Bertz CT molecular complexity index is 823. The maximum atomic E-state index is 12.7. The highest BCUT2D eigenvalue weighted by Gasteiger charge is 2.25. The summed E-state index contributed by atoms with van der Waals surface area (Å²) in [6.07, 6.45) is 1.51. The number of likely N-dealkylation sites (tertiary alicyclic amines) is 1. The van der Waals surface area contributed by atoms with Crippen LogP contribution < -0.4 is 15.0 Å². The van der Waals surface area contributed by atoms with Crippen LogP contribution in [0.2, 0.25) is 0 Å². The first-order chi connectivity index (χ1) is 14.0. The Balaban J connectivity index is 1.50. The van der Waals surface area contributed by atoms with Crippen LogP contribution >= 0.6 is 0 Å². The largest absolute Gasteiger partial charge is 0.494 e. The van der Waals surface area contributed by atoms with Crippen LogP contribution in [0, 0.1) is 0 Å². The minimum Gasteiger partial charge on any atom is -0.494 e. The fraction of sp³-hybridized carbons (Fsp3) is 0.391. The minimum atomic E-state index is -0.0633. The monoisotopic (exact) mass is 395 g/mol. The van der Waals surface area contributed by atoms with Crippen molar-refractivity contribution in [3.05, 3.63) is 59.7 Å². The third-order valence-corrected chi connectivity index (χ3v) is 5.18. The normalized spacial score (nSPS) is 14.4. The summed E-state index contributed by atoms with van der Waals surface area (Å²) in [7, 11) is 3.94. The quantitative estimate of drug-likeness (QED) is 0.816. The van der Waals surface area contributed by atoms with Crippen molar-refractivity contribution in [2.75, 3.05) is 38.7 Å². The van der Waals surface area contributed by atoms with Crippen molar-refractivity contribution < 1.29 is 14.3 Å². The van der Waals surface area contributed by atoms with Gasteiger partial charge in [-0.05, 0) is 68.3 Å². The van der Waals surface area contributed by atoms with Gasteiger partial charge in [0, 0.05) is 50.0 Å². The maximum Gasteiger partial charge on any atom is 0.253 e. The Labute approximate surface area is 172 Å². The third-order valence-electron chi connectivity index (χ3n) is 5.18. The van der Waals surface area contributed by atoms with Crippen molar-refractivity contribution >= 4 is 17.5 Å². The average molecular weight is 396 g/mol. The van der Waals surface area contributed by atoms with Crippen LogP contribution in [-0.4, -0.2) is 56.5 Å². The number of nitrogens with zero attached hydrogens (tertiary/aromatic N) is 2. The van der Waals surface area contributed by atoms with Gasteiger partial charge in [0.25, 0.3) is 11.8 Å². The van der Waals surface area contributed by atoms with Crippen LogP contribution in [0.25, 0.3) is 0 Å². The summed E-state index contributed by atoms with van der Waals surface area (Å²) in [5.74, 6) is 0.729. The van der Waals surface area contributed by atoms with Crippen LogP contribution in [0.3, 0.4) is 0 Å². The van der Waals surface area contributed by atoms with Crippen molar-refractivity contribution in [1.29, 1.82) is 0 Å². The van der Waals surface area contributed by atoms with E-state index in [2.05, 4.69) is 5.32 Å². The standard InChI is InChI=1S/C23H29N3O3/c1-4-29-21-11-7-18(8-12-21)23(28)26-15-13-19(14-16-26)24-22(27)17-5-9-20(10-6-17)25(2)3/h5-12,19H,4,13-16H2,1-3H3,(H,24,27). The molecule has 29 heavy (non-hydrogen) atoms. The Morgan fingerprint density at radius 3 is 2.14 bits per heavy atom. The number of carbonyl (C=O) groups is 2. The second-order valence-corrected chi connectivity index (χ2v) is 7.44. The second-order valence-electron chi connectivity index (χ2n) is 7.44. The zero-order chi connectivity index (χ0) is 20.8. The lowest BCUT2D eigenvalue weighted by Gasteiger charge is -2.32. The molecule has 2 aromatic rings. The number of rotatable bonds is 6. The zero-order valence-electron chi connectivity index (χ0n) is 17.4. The number of benzene rings is 2. The van der Waals surface area contributed by atoms with E-state index in [0.29, 0.717) is 30.8 Å². The fourth-order valence-electron chi connectivity index (χ4n) is 3.45. The summed E-state index contributed by atoms with van der Waals surface area (Å²) in [6, 6.07) is 14.9. The molecule has 1 heterocycles. The van der Waals surface area contributed by atoms with E-state index in [1.54, 1.807) is 12.1 Å². The van der Waals surface area contributed by atoms with E-state index < -0.39 is 0 Å². The van der Waals surface area contributed by atoms with Gasteiger partial charge < -0.3 is 19.9 Å². The topological polar surface area (TPSA) is 61.9 Å². The molecule has 1 saturated heterocycles. The van der Waals surface area contributed by atoms with Gasteiger partial charge in [-0.2, -0.15) is 0 Å². The fourth-order valence-corrected chi connectivity index (χ4v) is 3.45. The van der Waals surface area contributed by atoms with Crippen LogP contribution in [0.5, 0.6) is 5.75 Å². The lowest BCUT2D eigenvalue weighted by molar-refractivity contribution is 0.0698. The molecule has 0 atom stereocenters. The number of hydrogen-bond donors (Lipinski definition) is 1. The van der Waals surface area contributed by atoms with Crippen molar-refractivity contribution in [2.24, 2.45) is 0 Å².